The highest BCUT2D eigenvalue weighted by Gasteiger charge is 2.21. The third kappa shape index (κ3) is 5.09. The number of hydrogen-bond acceptors (Lipinski definition) is 5. The number of aryl methyl sites for hydroxylation is 1. The van der Waals surface area contributed by atoms with Gasteiger partial charge < -0.3 is 9.47 Å². The fourth-order valence-electron chi connectivity index (χ4n) is 1.81. The second-order valence-electron chi connectivity index (χ2n) is 6.02. The Balaban J connectivity index is 2.83. The Labute approximate surface area is 126 Å². The fraction of sp³-hybridized carbons (Fsp3) is 0.643. The van der Waals surface area contributed by atoms with E-state index < -0.39 is 14.0 Å². The van der Waals surface area contributed by atoms with Crippen molar-refractivity contribution in [2.24, 2.45) is 0 Å². The molecule has 0 amide bonds. The largest absolute Gasteiger partial charge is 0.461 e. The van der Waals surface area contributed by atoms with Crippen molar-refractivity contribution in [1.29, 1.82) is 0 Å². The van der Waals surface area contributed by atoms with Gasteiger partial charge in [-0.3, -0.25) is 9.36 Å². The lowest BCUT2D eigenvalue weighted by Gasteiger charge is -2.16. The van der Waals surface area contributed by atoms with Gasteiger partial charge in [-0.2, -0.15) is 0 Å². The first-order chi connectivity index (χ1) is 9.80. The van der Waals surface area contributed by atoms with Crippen molar-refractivity contribution in [3.63, 3.8) is 0 Å². The number of hydrogen-bond donors (Lipinski definition) is 0. The van der Waals surface area contributed by atoms with Crippen LogP contribution in [0.3, 0.4) is 0 Å². The molecule has 0 saturated heterocycles. The number of carbonyl (C=O) groups excluding carboxylic acids is 2. The van der Waals surface area contributed by atoms with E-state index in [1.165, 1.54) is 4.57 Å². The SMILES string of the molecule is CCOC(=O)c1c(C)nc(C=O)n1COCC[Si](C)(C)C. The van der Waals surface area contributed by atoms with Crippen molar-refractivity contribution < 1.29 is 19.1 Å². The van der Waals surface area contributed by atoms with E-state index in [1.54, 1.807) is 13.8 Å². The summed E-state index contributed by atoms with van der Waals surface area (Å²) < 4.78 is 12.1. The third-order valence-corrected chi connectivity index (χ3v) is 4.67. The highest BCUT2D eigenvalue weighted by atomic mass is 28.3. The molecule has 0 radical (unpaired) electrons. The van der Waals surface area contributed by atoms with Crippen LogP contribution in [0.1, 0.15) is 33.7 Å². The Morgan fingerprint density at radius 1 is 1.38 bits per heavy atom. The number of imidazole rings is 1. The molecule has 0 aliphatic carbocycles. The molecule has 1 rings (SSSR count). The predicted molar refractivity (Wildman–Crippen MR) is 82.4 cm³/mol. The highest BCUT2D eigenvalue weighted by Crippen LogP contribution is 2.13. The Kier molecular flexibility index (Phi) is 6.29. The van der Waals surface area contributed by atoms with Crippen LogP contribution in [0.15, 0.2) is 0 Å². The molecule has 0 aromatic carbocycles. The van der Waals surface area contributed by atoms with Gasteiger partial charge in [0.25, 0.3) is 0 Å². The molecule has 0 N–H and O–H groups in total. The molecule has 0 unspecified atom stereocenters. The van der Waals surface area contributed by atoms with Gasteiger partial charge in [0.1, 0.15) is 6.73 Å². The summed E-state index contributed by atoms with van der Waals surface area (Å²) in [5.74, 6) is -0.298. The standard InChI is InChI=1S/C14H24N2O4Si/c1-6-20-14(18)13-11(2)15-12(9-17)16(13)10-19-7-8-21(3,4)5/h9H,6-8,10H2,1-5H3. The van der Waals surface area contributed by atoms with E-state index in [0.29, 0.717) is 18.6 Å². The summed E-state index contributed by atoms with van der Waals surface area (Å²) in [6.07, 6.45) is 0.623. The molecule has 1 heterocycles. The minimum absolute atomic E-state index is 0.132. The van der Waals surface area contributed by atoms with Crippen molar-refractivity contribution in [3.8, 4) is 0 Å². The molecule has 0 aliphatic rings. The van der Waals surface area contributed by atoms with Crippen molar-refractivity contribution in [2.75, 3.05) is 13.2 Å². The molecular weight excluding hydrogens is 288 g/mol. The first-order valence-electron chi connectivity index (χ1n) is 7.07. The summed E-state index contributed by atoms with van der Waals surface area (Å²) in [6.45, 7) is 11.2. The molecule has 7 heteroatoms. The lowest BCUT2D eigenvalue weighted by molar-refractivity contribution is 0.0470. The molecule has 0 saturated carbocycles. The average molecular weight is 312 g/mol. The van der Waals surface area contributed by atoms with Crippen LogP contribution >= 0.6 is 0 Å². The van der Waals surface area contributed by atoms with Crippen molar-refractivity contribution in [2.45, 2.75) is 46.3 Å². The Morgan fingerprint density at radius 2 is 2.05 bits per heavy atom. The number of ether oxygens (including phenoxy) is 2. The number of aldehydes is 1. The van der Waals surface area contributed by atoms with Gasteiger partial charge in [0.15, 0.2) is 17.8 Å². The summed E-state index contributed by atoms with van der Waals surface area (Å²) in [7, 11) is -1.17. The third-order valence-electron chi connectivity index (χ3n) is 2.96. The van der Waals surface area contributed by atoms with Gasteiger partial charge in [-0.25, -0.2) is 9.78 Å². The number of nitrogens with zero attached hydrogens (tertiary/aromatic N) is 2. The zero-order valence-corrected chi connectivity index (χ0v) is 14.4. The van der Waals surface area contributed by atoms with Gasteiger partial charge in [-0.05, 0) is 19.9 Å². The first-order valence-corrected chi connectivity index (χ1v) is 10.8. The van der Waals surface area contributed by atoms with Crippen molar-refractivity contribution in [1.82, 2.24) is 9.55 Å². The second kappa shape index (κ2) is 7.51. The second-order valence-corrected chi connectivity index (χ2v) is 11.6. The molecule has 6 nitrogen and oxygen atoms in total. The molecular formula is C14H24N2O4Si. The zero-order valence-electron chi connectivity index (χ0n) is 13.4. The molecule has 1 aromatic heterocycles. The maximum Gasteiger partial charge on any atom is 0.356 e. The van der Waals surface area contributed by atoms with Gasteiger partial charge in [-0.15, -0.1) is 0 Å². The van der Waals surface area contributed by atoms with E-state index >= 15 is 0 Å². The van der Waals surface area contributed by atoms with Crippen LogP contribution in [0.4, 0.5) is 0 Å². The quantitative estimate of drug-likeness (QED) is 0.319. The van der Waals surface area contributed by atoms with E-state index in [4.69, 9.17) is 9.47 Å². The van der Waals surface area contributed by atoms with Crippen molar-refractivity contribution in [3.05, 3.63) is 17.2 Å². The molecule has 0 atom stereocenters. The first kappa shape index (κ1) is 17.6. The molecule has 1 aromatic rings. The molecule has 0 spiro atoms. The Bertz CT molecular complexity index is 506. The lowest BCUT2D eigenvalue weighted by Crippen LogP contribution is -2.23. The molecule has 21 heavy (non-hydrogen) atoms. The van der Waals surface area contributed by atoms with Gasteiger partial charge in [0.05, 0.1) is 12.3 Å². The fourth-order valence-corrected chi connectivity index (χ4v) is 2.56. The summed E-state index contributed by atoms with van der Waals surface area (Å²) in [6, 6.07) is 1.02. The summed E-state index contributed by atoms with van der Waals surface area (Å²) >= 11 is 0. The summed E-state index contributed by atoms with van der Waals surface area (Å²) in [5, 5.41) is 0. The predicted octanol–water partition coefficient (Wildman–Crippen LogP) is 2.49. The summed E-state index contributed by atoms with van der Waals surface area (Å²) in [5.41, 5.74) is 0.760. The molecule has 0 bridgehead atoms. The number of rotatable bonds is 8. The summed E-state index contributed by atoms with van der Waals surface area (Å²) in [4.78, 5) is 27.1. The monoisotopic (exact) mass is 312 g/mol. The van der Waals surface area contributed by atoms with Gasteiger partial charge in [-0.1, -0.05) is 19.6 Å². The minimum atomic E-state index is -1.17. The normalized spacial score (nSPS) is 11.5. The van der Waals surface area contributed by atoms with Crippen LogP contribution in [0, 0.1) is 6.92 Å². The van der Waals surface area contributed by atoms with Gasteiger partial charge >= 0.3 is 5.97 Å². The number of carbonyl (C=O) groups is 2. The van der Waals surface area contributed by atoms with Crippen molar-refractivity contribution >= 4 is 20.3 Å². The van der Waals surface area contributed by atoms with Crippen LogP contribution in [0.2, 0.25) is 25.7 Å². The Hall–Kier alpha value is -1.47. The number of esters is 1. The maximum atomic E-state index is 12.0. The van der Waals surface area contributed by atoms with E-state index in [0.717, 1.165) is 6.04 Å². The maximum absolute atomic E-state index is 12.0. The van der Waals surface area contributed by atoms with Crippen LogP contribution in [0.5, 0.6) is 0 Å². The average Bonchev–Trinajstić information content (AvgIpc) is 2.70. The minimum Gasteiger partial charge on any atom is -0.461 e. The molecule has 0 fully saturated rings. The van der Waals surface area contributed by atoms with Crippen LogP contribution in [-0.4, -0.2) is 43.1 Å². The van der Waals surface area contributed by atoms with Crippen LogP contribution in [0.25, 0.3) is 0 Å². The smallest absolute Gasteiger partial charge is 0.356 e. The molecule has 118 valence electrons. The van der Waals surface area contributed by atoms with Gasteiger partial charge in [0, 0.05) is 14.7 Å². The van der Waals surface area contributed by atoms with Gasteiger partial charge in [0.2, 0.25) is 0 Å². The van der Waals surface area contributed by atoms with E-state index in [-0.39, 0.29) is 24.9 Å². The zero-order chi connectivity index (χ0) is 16.0. The van der Waals surface area contributed by atoms with E-state index in [9.17, 15) is 9.59 Å². The Morgan fingerprint density at radius 3 is 2.57 bits per heavy atom. The molecule has 0 aliphatic heterocycles. The number of aromatic nitrogens is 2. The van der Waals surface area contributed by atoms with Crippen LogP contribution < -0.4 is 0 Å². The van der Waals surface area contributed by atoms with E-state index in [2.05, 4.69) is 24.6 Å². The lowest BCUT2D eigenvalue weighted by atomic mass is 10.3. The topological polar surface area (TPSA) is 70.4 Å². The van der Waals surface area contributed by atoms with E-state index in [1.807, 2.05) is 0 Å². The van der Waals surface area contributed by atoms with Crippen LogP contribution in [-0.2, 0) is 16.2 Å². The highest BCUT2D eigenvalue weighted by molar-refractivity contribution is 6.76.